The summed E-state index contributed by atoms with van der Waals surface area (Å²) in [7, 11) is -2.30. The first-order valence-corrected chi connectivity index (χ1v) is 11.7. The minimum absolute atomic E-state index is 0.0999. The molecule has 1 aliphatic rings. The minimum atomic E-state index is -3.63. The highest BCUT2D eigenvalue weighted by Crippen LogP contribution is 2.30. The monoisotopic (exact) mass is 480 g/mol. The predicted octanol–water partition coefficient (Wildman–Crippen LogP) is 3.46. The lowest BCUT2D eigenvalue weighted by molar-refractivity contribution is -0.127. The molecule has 1 fully saturated rings. The number of nitrogens with zero attached hydrogens (tertiary/aromatic N) is 2. The fourth-order valence-electron chi connectivity index (χ4n) is 3.43. The van der Waals surface area contributed by atoms with Gasteiger partial charge >= 0.3 is 6.61 Å². The second kappa shape index (κ2) is 10.3. The van der Waals surface area contributed by atoms with E-state index in [1.807, 2.05) is 13.8 Å². The highest BCUT2D eigenvalue weighted by Gasteiger charge is 2.29. The van der Waals surface area contributed by atoms with Crippen molar-refractivity contribution in [3.8, 4) is 11.5 Å². The Bertz CT molecular complexity index is 1140. The highest BCUT2D eigenvalue weighted by molar-refractivity contribution is 7.89. The molecule has 10 heteroatoms. The fraction of sp³-hybridized carbons (Fsp3) is 0.348. The number of rotatable bonds is 7. The standard InChI is InChI=1S/C23H26F2N2O5S/c1-16-4-7-19(14-17(16)2)33(29,30)27-12-10-26(11-13-27)22(28)9-6-18-5-8-20(32-23(24)25)21(15-18)31-3/h4-9,14-15,23H,10-13H2,1-3H3. The Morgan fingerprint density at radius 1 is 1.00 bits per heavy atom. The van der Waals surface area contributed by atoms with E-state index in [1.54, 1.807) is 23.1 Å². The number of benzene rings is 2. The molecule has 2 aromatic carbocycles. The van der Waals surface area contributed by atoms with Crippen LogP contribution in [0, 0.1) is 13.8 Å². The van der Waals surface area contributed by atoms with Gasteiger partial charge in [0.1, 0.15) is 0 Å². The number of hydrogen-bond donors (Lipinski definition) is 0. The minimum Gasteiger partial charge on any atom is -0.493 e. The Balaban J connectivity index is 1.62. The molecule has 1 amide bonds. The van der Waals surface area contributed by atoms with Crippen LogP contribution in [0.5, 0.6) is 11.5 Å². The van der Waals surface area contributed by atoms with Crippen LogP contribution < -0.4 is 9.47 Å². The Labute approximate surface area is 192 Å². The van der Waals surface area contributed by atoms with Crippen LogP contribution in [-0.2, 0) is 14.8 Å². The van der Waals surface area contributed by atoms with Crippen LogP contribution in [0.2, 0.25) is 0 Å². The van der Waals surface area contributed by atoms with E-state index in [9.17, 15) is 22.0 Å². The van der Waals surface area contributed by atoms with E-state index in [0.29, 0.717) is 5.56 Å². The summed E-state index contributed by atoms with van der Waals surface area (Å²) < 4.78 is 61.6. The third kappa shape index (κ3) is 5.88. The van der Waals surface area contributed by atoms with Gasteiger partial charge in [-0.05, 0) is 60.9 Å². The second-order valence-corrected chi connectivity index (χ2v) is 9.54. The van der Waals surface area contributed by atoms with Crippen LogP contribution in [0.25, 0.3) is 6.08 Å². The number of hydrogen-bond acceptors (Lipinski definition) is 5. The molecule has 1 saturated heterocycles. The summed E-state index contributed by atoms with van der Waals surface area (Å²) in [6.07, 6.45) is 2.89. The zero-order chi connectivity index (χ0) is 24.2. The van der Waals surface area contributed by atoms with Gasteiger partial charge in [-0.1, -0.05) is 12.1 Å². The van der Waals surface area contributed by atoms with Gasteiger partial charge in [0.15, 0.2) is 11.5 Å². The molecule has 0 atom stereocenters. The lowest BCUT2D eigenvalue weighted by Crippen LogP contribution is -2.50. The molecule has 3 rings (SSSR count). The molecule has 0 spiro atoms. The molecule has 0 N–H and O–H groups in total. The molecule has 0 aliphatic carbocycles. The Morgan fingerprint density at radius 3 is 2.30 bits per heavy atom. The van der Waals surface area contributed by atoms with Crippen molar-refractivity contribution in [2.45, 2.75) is 25.4 Å². The van der Waals surface area contributed by atoms with Crippen molar-refractivity contribution in [2.75, 3.05) is 33.3 Å². The smallest absolute Gasteiger partial charge is 0.387 e. The van der Waals surface area contributed by atoms with Gasteiger partial charge in [-0.2, -0.15) is 13.1 Å². The van der Waals surface area contributed by atoms with Crippen LogP contribution in [0.15, 0.2) is 47.4 Å². The Morgan fingerprint density at radius 2 is 1.70 bits per heavy atom. The van der Waals surface area contributed by atoms with Crippen LogP contribution in [0.1, 0.15) is 16.7 Å². The molecule has 1 aliphatic heterocycles. The predicted molar refractivity (Wildman–Crippen MR) is 120 cm³/mol. The van der Waals surface area contributed by atoms with E-state index in [-0.39, 0.29) is 48.5 Å². The molecule has 0 aromatic heterocycles. The molecule has 178 valence electrons. The van der Waals surface area contributed by atoms with Crippen molar-refractivity contribution in [3.05, 3.63) is 59.2 Å². The summed E-state index contributed by atoms with van der Waals surface area (Å²) in [5, 5.41) is 0. The Hall–Kier alpha value is -2.98. The molecular formula is C23H26F2N2O5S. The summed E-state index contributed by atoms with van der Waals surface area (Å²) in [5.74, 6) is -0.253. The van der Waals surface area contributed by atoms with Crippen molar-refractivity contribution < 1.29 is 31.5 Å². The van der Waals surface area contributed by atoms with E-state index in [2.05, 4.69) is 4.74 Å². The highest BCUT2D eigenvalue weighted by atomic mass is 32.2. The number of methoxy groups -OCH3 is 1. The van der Waals surface area contributed by atoms with Crippen molar-refractivity contribution in [2.24, 2.45) is 0 Å². The molecule has 0 radical (unpaired) electrons. The van der Waals surface area contributed by atoms with Gasteiger partial charge < -0.3 is 14.4 Å². The maximum absolute atomic E-state index is 12.9. The number of amides is 1. The van der Waals surface area contributed by atoms with Crippen LogP contribution in [-0.4, -0.2) is 63.4 Å². The van der Waals surface area contributed by atoms with Gasteiger partial charge in [-0.3, -0.25) is 4.79 Å². The summed E-state index contributed by atoms with van der Waals surface area (Å²) in [6.45, 7) is 1.73. The first kappa shape index (κ1) is 24.7. The first-order valence-electron chi connectivity index (χ1n) is 10.3. The number of sulfonamides is 1. The third-order valence-electron chi connectivity index (χ3n) is 5.49. The lowest BCUT2D eigenvalue weighted by Gasteiger charge is -2.33. The maximum Gasteiger partial charge on any atom is 0.387 e. The lowest BCUT2D eigenvalue weighted by atomic mass is 10.1. The first-order chi connectivity index (χ1) is 15.6. The molecular weight excluding hydrogens is 454 g/mol. The fourth-order valence-corrected chi connectivity index (χ4v) is 4.93. The zero-order valence-corrected chi connectivity index (χ0v) is 19.4. The average molecular weight is 481 g/mol. The van der Waals surface area contributed by atoms with E-state index in [4.69, 9.17) is 4.74 Å². The van der Waals surface area contributed by atoms with Gasteiger partial charge in [-0.25, -0.2) is 8.42 Å². The summed E-state index contributed by atoms with van der Waals surface area (Å²) in [5.41, 5.74) is 2.49. The molecule has 2 aromatic rings. The quantitative estimate of drug-likeness (QED) is 0.568. The second-order valence-electron chi connectivity index (χ2n) is 7.60. The SMILES string of the molecule is COc1cc(C=CC(=O)N2CCN(S(=O)(=O)c3ccc(C)c(C)c3)CC2)ccc1OC(F)F. The van der Waals surface area contributed by atoms with Gasteiger partial charge in [0, 0.05) is 32.3 Å². The van der Waals surface area contributed by atoms with E-state index in [1.165, 1.54) is 41.8 Å². The van der Waals surface area contributed by atoms with Gasteiger partial charge in [-0.15, -0.1) is 0 Å². The maximum atomic E-state index is 12.9. The molecule has 0 saturated carbocycles. The van der Waals surface area contributed by atoms with Gasteiger partial charge in [0.25, 0.3) is 0 Å². The average Bonchev–Trinajstić information content (AvgIpc) is 2.79. The van der Waals surface area contributed by atoms with E-state index in [0.717, 1.165) is 11.1 Å². The number of piperazine rings is 1. The summed E-state index contributed by atoms with van der Waals surface area (Å²) >= 11 is 0. The van der Waals surface area contributed by atoms with Crippen molar-refractivity contribution in [3.63, 3.8) is 0 Å². The number of halogens is 2. The molecule has 0 bridgehead atoms. The normalized spacial score (nSPS) is 15.3. The van der Waals surface area contributed by atoms with Crippen molar-refractivity contribution in [1.29, 1.82) is 0 Å². The van der Waals surface area contributed by atoms with E-state index < -0.39 is 16.6 Å². The zero-order valence-electron chi connectivity index (χ0n) is 18.6. The molecule has 0 unspecified atom stereocenters. The van der Waals surface area contributed by atoms with Crippen molar-refractivity contribution in [1.82, 2.24) is 9.21 Å². The number of aryl methyl sites for hydroxylation is 2. The number of ether oxygens (including phenoxy) is 2. The number of carbonyl (C=O) groups is 1. The van der Waals surface area contributed by atoms with Crippen LogP contribution in [0.4, 0.5) is 8.78 Å². The molecule has 33 heavy (non-hydrogen) atoms. The topological polar surface area (TPSA) is 76.2 Å². The van der Waals surface area contributed by atoms with E-state index >= 15 is 0 Å². The number of carbonyl (C=O) groups excluding carboxylic acids is 1. The largest absolute Gasteiger partial charge is 0.493 e. The number of alkyl halides is 2. The summed E-state index contributed by atoms with van der Waals surface area (Å²) in [4.78, 5) is 14.4. The van der Waals surface area contributed by atoms with Crippen LogP contribution >= 0.6 is 0 Å². The third-order valence-corrected chi connectivity index (χ3v) is 7.38. The Kier molecular flexibility index (Phi) is 7.70. The molecule has 7 nitrogen and oxygen atoms in total. The summed E-state index contributed by atoms with van der Waals surface area (Å²) in [6, 6.07) is 9.40. The molecule has 1 heterocycles. The van der Waals surface area contributed by atoms with Gasteiger partial charge in [0.05, 0.1) is 12.0 Å². The van der Waals surface area contributed by atoms with Crippen LogP contribution in [0.3, 0.4) is 0 Å². The van der Waals surface area contributed by atoms with Crippen molar-refractivity contribution >= 4 is 22.0 Å². The van der Waals surface area contributed by atoms with Gasteiger partial charge in [0.2, 0.25) is 15.9 Å².